The van der Waals surface area contributed by atoms with Crippen LogP contribution < -0.4 is 10.6 Å². The standard InChI is InChI=1S/C11H18IN3/c1-2-5-13-6-7-14-8-10-3-4-11(12)15-9-10/h3-4,9,13-14H,2,5-8H2,1H3. The van der Waals surface area contributed by atoms with E-state index < -0.39 is 0 Å². The molecule has 0 radical (unpaired) electrons. The number of pyridine rings is 1. The van der Waals surface area contributed by atoms with Crippen molar-refractivity contribution in [2.45, 2.75) is 19.9 Å². The third-order valence-corrected chi connectivity index (χ3v) is 2.66. The van der Waals surface area contributed by atoms with E-state index in [4.69, 9.17) is 0 Å². The molecule has 3 nitrogen and oxygen atoms in total. The lowest BCUT2D eigenvalue weighted by molar-refractivity contribution is 0.606. The van der Waals surface area contributed by atoms with Gasteiger partial charge in [0.05, 0.1) is 0 Å². The van der Waals surface area contributed by atoms with Gasteiger partial charge in [0.25, 0.3) is 0 Å². The summed E-state index contributed by atoms with van der Waals surface area (Å²) >= 11 is 2.22. The zero-order valence-corrected chi connectivity index (χ0v) is 11.3. The highest BCUT2D eigenvalue weighted by molar-refractivity contribution is 14.1. The maximum atomic E-state index is 4.24. The third kappa shape index (κ3) is 6.06. The van der Waals surface area contributed by atoms with E-state index in [0.717, 1.165) is 29.9 Å². The number of halogens is 1. The first-order chi connectivity index (χ1) is 7.33. The number of hydrogen-bond acceptors (Lipinski definition) is 3. The summed E-state index contributed by atoms with van der Waals surface area (Å²) in [4.78, 5) is 4.24. The van der Waals surface area contributed by atoms with Crippen molar-refractivity contribution in [3.05, 3.63) is 27.6 Å². The molecule has 0 spiro atoms. The van der Waals surface area contributed by atoms with Gasteiger partial charge in [-0.25, -0.2) is 0 Å². The monoisotopic (exact) mass is 319 g/mol. The number of nitrogens with one attached hydrogen (secondary N) is 2. The first-order valence-electron chi connectivity index (χ1n) is 5.35. The van der Waals surface area contributed by atoms with E-state index in [0.29, 0.717) is 0 Å². The highest BCUT2D eigenvalue weighted by atomic mass is 127. The maximum absolute atomic E-state index is 4.24. The van der Waals surface area contributed by atoms with E-state index in [-0.39, 0.29) is 0 Å². The second kappa shape index (κ2) is 8.01. The Bertz CT molecular complexity index is 261. The van der Waals surface area contributed by atoms with Gasteiger partial charge in [0.15, 0.2) is 0 Å². The van der Waals surface area contributed by atoms with Crippen molar-refractivity contribution in [1.82, 2.24) is 15.6 Å². The van der Waals surface area contributed by atoms with Crippen molar-refractivity contribution >= 4 is 22.6 Å². The van der Waals surface area contributed by atoms with Gasteiger partial charge in [0.1, 0.15) is 3.70 Å². The van der Waals surface area contributed by atoms with E-state index in [1.165, 1.54) is 12.0 Å². The van der Waals surface area contributed by atoms with Crippen LogP contribution in [0.1, 0.15) is 18.9 Å². The Morgan fingerprint density at radius 3 is 2.67 bits per heavy atom. The van der Waals surface area contributed by atoms with Gasteiger partial charge in [-0.1, -0.05) is 13.0 Å². The highest BCUT2D eigenvalue weighted by Crippen LogP contribution is 2.01. The minimum Gasteiger partial charge on any atom is -0.315 e. The Morgan fingerprint density at radius 1 is 1.20 bits per heavy atom. The van der Waals surface area contributed by atoms with Gasteiger partial charge in [-0.3, -0.25) is 4.98 Å². The van der Waals surface area contributed by atoms with Gasteiger partial charge in [0.2, 0.25) is 0 Å². The molecule has 1 heterocycles. The first-order valence-corrected chi connectivity index (χ1v) is 6.42. The molecule has 0 unspecified atom stereocenters. The average Bonchev–Trinajstić information content (AvgIpc) is 2.26. The normalized spacial score (nSPS) is 10.5. The zero-order chi connectivity index (χ0) is 10.9. The molecule has 0 fully saturated rings. The summed E-state index contributed by atoms with van der Waals surface area (Å²) in [5, 5.41) is 6.73. The summed E-state index contributed by atoms with van der Waals surface area (Å²) in [5.74, 6) is 0. The van der Waals surface area contributed by atoms with Crippen molar-refractivity contribution in [3.8, 4) is 0 Å². The molecule has 2 N–H and O–H groups in total. The molecule has 0 saturated carbocycles. The van der Waals surface area contributed by atoms with Crippen LogP contribution in [0.2, 0.25) is 0 Å². The van der Waals surface area contributed by atoms with Crippen molar-refractivity contribution in [2.24, 2.45) is 0 Å². The summed E-state index contributed by atoms with van der Waals surface area (Å²) in [7, 11) is 0. The van der Waals surface area contributed by atoms with Crippen LogP contribution in [0.3, 0.4) is 0 Å². The average molecular weight is 319 g/mol. The molecule has 0 amide bonds. The van der Waals surface area contributed by atoms with Crippen LogP contribution in [0, 0.1) is 3.70 Å². The smallest absolute Gasteiger partial charge is 0.101 e. The molecule has 1 aromatic heterocycles. The van der Waals surface area contributed by atoms with Crippen LogP contribution in [0.15, 0.2) is 18.3 Å². The summed E-state index contributed by atoms with van der Waals surface area (Å²) < 4.78 is 1.04. The van der Waals surface area contributed by atoms with Crippen LogP contribution in [-0.2, 0) is 6.54 Å². The topological polar surface area (TPSA) is 37.0 Å². The molecule has 1 aromatic rings. The second-order valence-corrected chi connectivity index (χ2v) is 4.52. The SMILES string of the molecule is CCCNCCNCc1ccc(I)nc1. The van der Waals surface area contributed by atoms with Crippen LogP contribution in [0.5, 0.6) is 0 Å². The van der Waals surface area contributed by atoms with Gasteiger partial charge >= 0.3 is 0 Å². The lowest BCUT2D eigenvalue weighted by atomic mass is 10.3. The molecule has 0 atom stereocenters. The fourth-order valence-electron chi connectivity index (χ4n) is 1.22. The number of aromatic nitrogens is 1. The maximum Gasteiger partial charge on any atom is 0.101 e. The fraction of sp³-hybridized carbons (Fsp3) is 0.545. The van der Waals surface area contributed by atoms with Crippen molar-refractivity contribution in [1.29, 1.82) is 0 Å². The molecule has 1 rings (SSSR count). The van der Waals surface area contributed by atoms with Gasteiger partial charge in [-0.15, -0.1) is 0 Å². The molecule has 0 aliphatic carbocycles. The van der Waals surface area contributed by atoms with E-state index in [1.807, 2.05) is 12.3 Å². The Morgan fingerprint density at radius 2 is 2.00 bits per heavy atom. The van der Waals surface area contributed by atoms with Crippen molar-refractivity contribution < 1.29 is 0 Å². The van der Waals surface area contributed by atoms with E-state index in [2.05, 4.69) is 51.2 Å². The summed E-state index contributed by atoms with van der Waals surface area (Å²) in [6, 6.07) is 4.15. The molecule has 84 valence electrons. The molecule has 0 aliphatic heterocycles. The minimum absolute atomic E-state index is 0.901. The van der Waals surface area contributed by atoms with E-state index in [1.54, 1.807) is 0 Å². The Balaban J connectivity index is 2.07. The Kier molecular flexibility index (Phi) is 6.87. The molecule has 0 aromatic carbocycles. The van der Waals surface area contributed by atoms with Gasteiger partial charge < -0.3 is 10.6 Å². The molecule has 0 saturated heterocycles. The number of rotatable bonds is 7. The Hall–Kier alpha value is -0.200. The molecule has 0 aliphatic rings. The quantitative estimate of drug-likeness (QED) is 0.457. The minimum atomic E-state index is 0.901. The molecular weight excluding hydrogens is 301 g/mol. The third-order valence-electron chi connectivity index (χ3n) is 2.02. The van der Waals surface area contributed by atoms with Crippen LogP contribution in [0.4, 0.5) is 0 Å². The summed E-state index contributed by atoms with van der Waals surface area (Å²) in [6.07, 6.45) is 3.12. The lowest BCUT2D eigenvalue weighted by Gasteiger charge is -2.05. The summed E-state index contributed by atoms with van der Waals surface area (Å²) in [6.45, 7) is 6.22. The largest absolute Gasteiger partial charge is 0.315 e. The van der Waals surface area contributed by atoms with Crippen LogP contribution in [0.25, 0.3) is 0 Å². The molecule has 0 bridgehead atoms. The van der Waals surface area contributed by atoms with Gasteiger partial charge in [-0.2, -0.15) is 0 Å². The molecule has 15 heavy (non-hydrogen) atoms. The van der Waals surface area contributed by atoms with Gasteiger partial charge in [0, 0.05) is 25.8 Å². The predicted molar refractivity (Wildman–Crippen MR) is 71.8 cm³/mol. The highest BCUT2D eigenvalue weighted by Gasteiger charge is 1.93. The molecule has 4 heteroatoms. The lowest BCUT2D eigenvalue weighted by Crippen LogP contribution is -2.27. The van der Waals surface area contributed by atoms with Crippen molar-refractivity contribution in [2.75, 3.05) is 19.6 Å². The zero-order valence-electron chi connectivity index (χ0n) is 9.09. The first kappa shape index (κ1) is 12.9. The fourth-order valence-corrected chi connectivity index (χ4v) is 1.54. The Labute approximate surface area is 105 Å². The van der Waals surface area contributed by atoms with E-state index in [9.17, 15) is 0 Å². The van der Waals surface area contributed by atoms with Gasteiger partial charge in [-0.05, 0) is 47.2 Å². The summed E-state index contributed by atoms with van der Waals surface area (Å²) in [5.41, 5.74) is 1.24. The van der Waals surface area contributed by atoms with Crippen LogP contribution in [-0.4, -0.2) is 24.6 Å². The van der Waals surface area contributed by atoms with Crippen molar-refractivity contribution in [3.63, 3.8) is 0 Å². The second-order valence-electron chi connectivity index (χ2n) is 3.42. The number of hydrogen-bond donors (Lipinski definition) is 2. The predicted octanol–water partition coefficient (Wildman–Crippen LogP) is 1.78. The molecular formula is C11H18IN3. The van der Waals surface area contributed by atoms with E-state index >= 15 is 0 Å². The van der Waals surface area contributed by atoms with Crippen LogP contribution >= 0.6 is 22.6 Å². The number of nitrogens with zero attached hydrogens (tertiary/aromatic N) is 1.